The summed E-state index contributed by atoms with van der Waals surface area (Å²) in [5.41, 5.74) is 2.60. The van der Waals surface area contributed by atoms with E-state index in [4.69, 9.17) is 9.47 Å². The van der Waals surface area contributed by atoms with Gasteiger partial charge in [-0.2, -0.15) is 0 Å². The highest BCUT2D eigenvalue weighted by Gasteiger charge is 2.18. The van der Waals surface area contributed by atoms with Crippen molar-refractivity contribution in [1.82, 2.24) is 14.8 Å². The second-order valence-electron chi connectivity index (χ2n) is 7.52. The van der Waals surface area contributed by atoms with Crippen LogP contribution in [-0.2, 0) is 16.1 Å². The number of nitrogens with zero attached hydrogens (tertiary/aromatic N) is 3. The van der Waals surface area contributed by atoms with Crippen molar-refractivity contribution in [1.29, 1.82) is 0 Å². The van der Waals surface area contributed by atoms with Gasteiger partial charge in [0.25, 0.3) is 0 Å². The SMILES string of the molecule is COc1ccc(C(C)=O)cc1COC(=O)CSc1nnc(-c2ccc(F)cc2)n1-c1ccccc1. The molecule has 7 nitrogen and oxygen atoms in total. The summed E-state index contributed by atoms with van der Waals surface area (Å²) in [6.45, 7) is 1.44. The predicted octanol–water partition coefficient (Wildman–Crippen LogP) is 5.12. The number of ketones is 1. The van der Waals surface area contributed by atoms with Crippen LogP contribution in [0.25, 0.3) is 17.1 Å². The summed E-state index contributed by atoms with van der Waals surface area (Å²) >= 11 is 1.18. The van der Waals surface area contributed by atoms with Crippen LogP contribution >= 0.6 is 11.8 Å². The quantitative estimate of drug-likeness (QED) is 0.183. The normalized spacial score (nSPS) is 10.7. The summed E-state index contributed by atoms with van der Waals surface area (Å²) in [6, 6.07) is 20.4. The Morgan fingerprint density at radius 2 is 1.74 bits per heavy atom. The number of hydrogen-bond acceptors (Lipinski definition) is 7. The number of methoxy groups -OCH3 is 1. The van der Waals surface area contributed by atoms with Crippen molar-refractivity contribution in [3.63, 3.8) is 0 Å². The maximum absolute atomic E-state index is 13.4. The molecular weight excluding hydrogens is 469 g/mol. The second-order valence-corrected chi connectivity index (χ2v) is 8.46. The van der Waals surface area contributed by atoms with E-state index in [0.717, 1.165) is 5.69 Å². The molecule has 0 radical (unpaired) electrons. The molecule has 0 aliphatic heterocycles. The summed E-state index contributed by atoms with van der Waals surface area (Å²) in [7, 11) is 1.51. The molecule has 35 heavy (non-hydrogen) atoms. The molecule has 4 aromatic rings. The monoisotopic (exact) mass is 491 g/mol. The summed E-state index contributed by atoms with van der Waals surface area (Å²) in [6.07, 6.45) is 0. The molecule has 4 rings (SSSR count). The second kappa shape index (κ2) is 11.0. The summed E-state index contributed by atoms with van der Waals surface area (Å²) in [4.78, 5) is 24.2. The molecule has 3 aromatic carbocycles. The Morgan fingerprint density at radius 1 is 1.00 bits per heavy atom. The number of esters is 1. The van der Waals surface area contributed by atoms with Crippen molar-refractivity contribution in [2.75, 3.05) is 12.9 Å². The van der Waals surface area contributed by atoms with E-state index in [9.17, 15) is 14.0 Å². The van der Waals surface area contributed by atoms with Gasteiger partial charge in [0.1, 0.15) is 18.2 Å². The molecule has 0 saturated heterocycles. The minimum Gasteiger partial charge on any atom is -0.496 e. The lowest BCUT2D eigenvalue weighted by atomic mass is 10.1. The number of ether oxygens (including phenoxy) is 2. The lowest BCUT2D eigenvalue weighted by molar-refractivity contribution is -0.141. The highest BCUT2D eigenvalue weighted by Crippen LogP contribution is 2.28. The first-order chi connectivity index (χ1) is 17.0. The van der Waals surface area contributed by atoms with Crippen LogP contribution in [0.3, 0.4) is 0 Å². The molecule has 0 N–H and O–H groups in total. The number of carbonyl (C=O) groups excluding carboxylic acids is 2. The van der Waals surface area contributed by atoms with Crippen LogP contribution in [0.15, 0.2) is 78.0 Å². The van der Waals surface area contributed by atoms with Gasteiger partial charge in [-0.1, -0.05) is 30.0 Å². The van der Waals surface area contributed by atoms with Crippen molar-refractivity contribution in [2.45, 2.75) is 18.7 Å². The standard InChI is InChI=1S/C26H22FN3O4S/c1-17(31)19-10-13-23(33-2)20(14-19)15-34-24(32)16-35-26-29-28-25(18-8-11-21(27)12-9-18)30(26)22-6-4-3-5-7-22/h3-14H,15-16H2,1-2H3. The molecule has 1 heterocycles. The van der Waals surface area contributed by atoms with Gasteiger partial charge in [0, 0.05) is 22.4 Å². The number of aromatic nitrogens is 3. The molecule has 9 heteroatoms. The van der Waals surface area contributed by atoms with Gasteiger partial charge in [-0.15, -0.1) is 10.2 Å². The Hall–Kier alpha value is -3.98. The van der Waals surface area contributed by atoms with E-state index >= 15 is 0 Å². The third-order valence-electron chi connectivity index (χ3n) is 5.14. The highest BCUT2D eigenvalue weighted by molar-refractivity contribution is 7.99. The number of benzene rings is 3. The van der Waals surface area contributed by atoms with E-state index in [1.165, 1.54) is 37.9 Å². The molecule has 0 saturated carbocycles. The Morgan fingerprint density at radius 3 is 2.43 bits per heavy atom. The average Bonchev–Trinajstić information content (AvgIpc) is 3.30. The molecule has 0 fully saturated rings. The largest absolute Gasteiger partial charge is 0.496 e. The van der Waals surface area contributed by atoms with E-state index in [0.29, 0.717) is 33.4 Å². The van der Waals surface area contributed by atoms with Gasteiger partial charge in [-0.05, 0) is 61.5 Å². The zero-order chi connectivity index (χ0) is 24.8. The van der Waals surface area contributed by atoms with Gasteiger partial charge in [0.05, 0.1) is 12.9 Å². The Labute approximate surface area is 205 Å². The van der Waals surface area contributed by atoms with E-state index < -0.39 is 5.97 Å². The average molecular weight is 492 g/mol. The number of thioether (sulfide) groups is 1. The highest BCUT2D eigenvalue weighted by atomic mass is 32.2. The first-order valence-electron chi connectivity index (χ1n) is 10.7. The van der Waals surface area contributed by atoms with E-state index in [2.05, 4.69) is 10.2 Å². The molecule has 0 aliphatic rings. The molecule has 0 unspecified atom stereocenters. The van der Waals surface area contributed by atoms with Gasteiger partial charge < -0.3 is 9.47 Å². The van der Waals surface area contributed by atoms with Gasteiger partial charge in [0.15, 0.2) is 16.8 Å². The summed E-state index contributed by atoms with van der Waals surface area (Å²) < 4.78 is 26.0. The first kappa shape index (κ1) is 24.2. The lowest BCUT2D eigenvalue weighted by Gasteiger charge is -2.11. The Kier molecular flexibility index (Phi) is 7.57. The Balaban J connectivity index is 1.50. The van der Waals surface area contributed by atoms with Crippen molar-refractivity contribution in [2.24, 2.45) is 0 Å². The van der Waals surface area contributed by atoms with Crippen LogP contribution in [0.4, 0.5) is 4.39 Å². The fraction of sp³-hybridized carbons (Fsp3) is 0.154. The zero-order valence-electron chi connectivity index (χ0n) is 19.1. The number of halogens is 1. The van der Waals surface area contributed by atoms with E-state index in [1.807, 2.05) is 34.9 Å². The zero-order valence-corrected chi connectivity index (χ0v) is 19.9. The number of carbonyl (C=O) groups is 2. The molecule has 178 valence electrons. The predicted molar refractivity (Wildman–Crippen MR) is 130 cm³/mol. The fourth-order valence-corrected chi connectivity index (χ4v) is 4.14. The minimum atomic E-state index is -0.462. The molecule has 0 bridgehead atoms. The van der Waals surface area contributed by atoms with Crippen LogP contribution in [0.1, 0.15) is 22.8 Å². The number of Topliss-reactive ketones (excluding diaryl/α,β-unsaturated/α-hetero) is 1. The number of rotatable bonds is 9. The van der Waals surface area contributed by atoms with Crippen LogP contribution in [0, 0.1) is 5.82 Å². The Bertz CT molecular complexity index is 1340. The van der Waals surface area contributed by atoms with E-state index in [-0.39, 0.29) is 24.0 Å². The maximum atomic E-state index is 13.4. The number of hydrogen-bond donors (Lipinski definition) is 0. The first-order valence-corrected chi connectivity index (χ1v) is 11.7. The van der Waals surface area contributed by atoms with Crippen molar-refractivity contribution in [3.05, 3.63) is 89.7 Å². The minimum absolute atomic E-state index is 0.0108. The van der Waals surface area contributed by atoms with Crippen molar-refractivity contribution in [3.8, 4) is 22.8 Å². The van der Waals surface area contributed by atoms with Crippen LogP contribution in [-0.4, -0.2) is 39.4 Å². The third-order valence-corrected chi connectivity index (χ3v) is 6.05. The number of para-hydroxylation sites is 1. The van der Waals surface area contributed by atoms with Crippen molar-refractivity contribution >= 4 is 23.5 Å². The molecule has 0 atom stereocenters. The third kappa shape index (κ3) is 5.75. The van der Waals surface area contributed by atoms with Gasteiger partial charge in [-0.25, -0.2) is 4.39 Å². The molecule has 0 amide bonds. The molecule has 1 aromatic heterocycles. The maximum Gasteiger partial charge on any atom is 0.316 e. The summed E-state index contributed by atoms with van der Waals surface area (Å²) in [5, 5.41) is 9.03. The molecule has 0 spiro atoms. The van der Waals surface area contributed by atoms with Crippen LogP contribution < -0.4 is 4.74 Å². The molecular formula is C26H22FN3O4S. The lowest BCUT2D eigenvalue weighted by Crippen LogP contribution is -2.09. The molecule has 0 aliphatic carbocycles. The fourth-order valence-electron chi connectivity index (χ4n) is 3.39. The van der Waals surface area contributed by atoms with Gasteiger partial charge in [0.2, 0.25) is 0 Å². The topological polar surface area (TPSA) is 83.3 Å². The van der Waals surface area contributed by atoms with Crippen LogP contribution in [0.5, 0.6) is 5.75 Å². The van der Waals surface area contributed by atoms with E-state index in [1.54, 1.807) is 30.3 Å². The van der Waals surface area contributed by atoms with Gasteiger partial charge >= 0.3 is 5.97 Å². The smallest absolute Gasteiger partial charge is 0.316 e. The van der Waals surface area contributed by atoms with Crippen molar-refractivity contribution < 1.29 is 23.5 Å². The van der Waals surface area contributed by atoms with Crippen LogP contribution in [0.2, 0.25) is 0 Å². The van der Waals surface area contributed by atoms with Gasteiger partial charge in [-0.3, -0.25) is 14.2 Å². The summed E-state index contributed by atoms with van der Waals surface area (Å²) in [5.74, 6) is 0.149.